The van der Waals surface area contributed by atoms with Gasteiger partial charge in [-0.05, 0) is 38.1 Å². The van der Waals surface area contributed by atoms with Crippen LogP contribution in [0.5, 0.6) is 5.75 Å². The second kappa shape index (κ2) is 6.68. The summed E-state index contributed by atoms with van der Waals surface area (Å²) in [6.07, 6.45) is 1.03. The van der Waals surface area contributed by atoms with Gasteiger partial charge in [0.05, 0.1) is 5.69 Å². The second-order valence-electron chi connectivity index (χ2n) is 4.44. The van der Waals surface area contributed by atoms with Crippen molar-refractivity contribution in [2.24, 2.45) is 0 Å². The molecule has 0 atom stereocenters. The summed E-state index contributed by atoms with van der Waals surface area (Å²) >= 11 is 1.71. The molecule has 0 aliphatic rings. The van der Waals surface area contributed by atoms with Gasteiger partial charge in [-0.25, -0.2) is 4.98 Å². The predicted molar refractivity (Wildman–Crippen MR) is 79.8 cm³/mol. The van der Waals surface area contributed by atoms with Crippen LogP contribution < -0.4 is 10.1 Å². The van der Waals surface area contributed by atoms with E-state index in [2.05, 4.69) is 29.4 Å². The molecule has 2 rings (SSSR count). The maximum atomic E-state index is 5.81. The van der Waals surface area contributed by atoms with Crippen LogP contribution in [0, 0.1) is 6.92 Å². The van der Waals surface area contributed by atoms with E-state index >= 15 is 0 Å². The zero-order chi connectivity index (χ0) is 13.7. The molecule has 1 heterocycles. The summed E-state index contributed by atoms with van der Waals surface area (Å²) in [6, 6.07) is 8.24. The van der Waals surface area contributed by atoms with E-state index in [-0.39, 0.29) is 0 Å². The zero-order valence-corrected chi connectivity index (χ0v) is 12.5. The van der Waals surface area contributed by atoms with Crippen molar-refractivity contribution >= 4 is 11.3 Å². The first-order valence-electron chi connectivity index (χ1n) is 6.54. The molecule has 0 saturated heterocycles. The zero-order valence-electron chi connectivity index (χ0n) is 11.7. The van der Waals surface area contributed by atoms with Gasteiger partial charge in [-0.3, -0.25) is 0 Å². The number of aromatic nitrogens is 1. The van der Waals surface area contributed by atoms with Crippen LogP contribution in [0.1, 0.15) is 28.1 Å². The molecule has 0 aliphatic heterocycles. The highest BCUT2D eigenvalue weighted by molar-refractivity contribution is 7.11. The van der Waals surface area contributed by atoms with Crippen LogP contribution in [0.4, 0.5) is 0 Å². The molecule has 0 unspecified atom stereocenters. The van der Waals surface area contributed by atoms with E-state index in [1.807, 2.05) is 26.1 Å². The largest absolute Gasteiger partial charge is 0.486 e. The smallest absolute Gasteiger partial charge is 0.140 e. The fraction of sp³-hybridized carbons (Fsp3) is 0.400. The first kappa shape index (κ1) is 14.0. The van der Waals surface area contributed by atoms with E-state index in [0.717, 1.165) is 29.4 Å². The lowest BCUT2D eigenvalue weighted by Crippen LogP contribution is -2.04. The number of thiazole rings is 1. The lowest BCUT2D eigenvalue weighted by atomic mass is 10.2. The SMILES string of the molecule is CCc1cccc(OCc2nc(C)c(CNC)s2)c1. The summed E-state index contributed by atoms with van der Waals surface area (Å²) < 4.78 is 5.81. The van der Waals surface area contributed by atoms with Gasteiger partial charge >= 0.3 is 0 Å². The molecular formula is C15H20N2OS. The van der Waals surface area contributed by atoms with Crippen molar-refractivity contribution in [2.75, 3.05) is 7.05 Å². The minimum atomic E-state index is 0.544. The van der Waals surface area contributed by atoms with E-state index in [9.17, 15) is 0 Å². The Kier molecular flexibility index (Phi) is 4.93. The van der Waals surface area contributed by atoms with Crippen molar-refractivity contribution in [1.29, 1.82) is 0 Å². The van der Waals surface area contributed by atoms with Crippen LogP contribution >= 0.6 is 11.3 Å². The topological polar surface area (TPSA) is 34.1 Å². The number of rotatable bonds is 6. The van der Waals surface area contributed by atoms with Crippen molar-refractivity contribution in [3.05, 3.63) is 45.4 Å². The number of hydrogen-bond donors (Lipinski definition) is 1. The van der Waals surface area contributed by atoms with Crippen LogP contribution in [0.2, 0.25) is 0 Å². The van der Waals surface area contributed by atoms with Crippen LogP contribution in [0.15, 0.2) is 24.3 Å². The van der Waals surface area contributed by atoms with E-state index in [1.165, 1.54) is 10.4 Å². The van der Waals surface area contributed by atoms with Crippen LogP contribution in [-0.4, -0.2) is 12.0 Å². The summed E-state index contributed by atoms with van der Waals surface area (Å²) in [6.45, 7) is 5.61. The molecule has 0 radical (unpaired) electrons. The number of nitrogens with zero attached hydrogens (tertiary/aromatic N) is 1. The Hall–Kier alpha value is -1.39. The molecule has 1 aromatic heterocycles. The van der Waals surface area contributed by atoms with E-state index in [4.69, 9.17) is 4.74 Å². The van der Waals surface area contributed by atoms with Gasteiger partial charge in [0.15, 0.2) is 0 Å². The molecule has 4 heteroatoms. The summed E-state index contributed by atoms with van der Waals surface area (Å²) in [7, 11) is 1.95. The van der Waals surface area contributed by atoms with Crippen LogP contribution in [0.25, 0.3) is 0 Å². The number of ether oxygens (including phenoxy) is 1. The van der Waals surface area contributed by atoms with E-state index in [1.54, 1.807) is 11.3 Å². The number of hydrogen-bond acceptors (Lipinski definition) is 4. The molecule has 1 N–H and O–H groups in total. The van der Waals surface area contributed by atoms with Gasteiger partial charge in [-0.1, -0.05) is 19.1 Å². The monoisotopic (exact) mass is 276 g/mol. The van der Waals surface area contributed by atoms with E-state index in [0.29, 0.717) is 6.61 Å². The van der Waals surface area contributed by atoms with Crippen molar-refractivity contribution in [1.82, 2.24) is 10.3 Å². The van der Waals surface area contributed by atoms with Crippen molar-refractivity contribution < 1.29 is 4.74 Å². The summed E-state index contributed by atoms with van der Waals surface area (Å²) in [4.78, 5) is 5.82. The molecule has 1 aromatic carbocycles. The van der Waals surface area contributed by atoms with Gasteiger partial charge in [0.1, 0.15) is 17.4 Å². The Morgan fingerprint density at radius 2 is 2.21 bits per heavy atom. The van der Waals surface area contributed by atoms with Crippen molar-refractivity contribution in [2.45, 2.75) is 33.4 Å². The molecule has 0 fully saturated rings. The van der Waals surface area contributed by atoms with E-state index < -0.39 is 0 Å². The third-order valence-electron chi connectivity index (χ3n) is 2.94. The lowest BCUT2D eigenvalue weighted by Gasteiger charge is -2.05. The Balaban J connectivity index is 1.99. The molecule has 102 valence electrons. The molecular weight excluding hydrogens is 256 g/mol. The third-order valence-corrected chi connectivity index (χ3v) is 4.07. The maximum absolute atomic E-state index is 5.81. The molecule has 0 aliphatic carbocycles. The van der Waals surface area contributed by atoms with Gasteiger partial charge in [0.2, 0.25) is 0 Å². The summed E-state index contributed by atoms with van der Waals surface area (Å²) in [5.41, 5.74) is 2.39. The first-order valence-corrected chi connectivity index (χ1v) is 7.36. The highest BCUT2D eigenvalue weighted by Gasteiger charge is 2.07. The molecule has 0 saturated carbocycles. The Morgan fingerprint density at radius 1 is 1.37 bits per heavy atom. The minimum Gasteiger partial charge on any atom is -0.486 e. The predicted octanol–water partition coefficient (Wildman–Crippen LogP) is 3.31. The quantitative estimate of drug-likeness (QED) is 0.879. The number of nitrogens with one attached hydrogen (secondary N) is 1. The maximum Gasteiger partial charge on any atom is 0.140 e. The Morgan fingerprint density at radius 3 is 2.95 bits per heavy atom. The molecule has 19 heavy (non-hydrogen) atoms. The van der Waals surface area contributed by atoms with Gasteiger partial charge in [0, 0.05) is 11.4 Å². The Labute approximate surface area is 118 Å². The first-order chi connectivity index (χ1) is 9.22. The average molecular weight is 276 g/mol. The molecule has 0 amide bonds. The van der Waals surface area contributed by atoms with Gasteiger partial charge in [-0.2, -0.15) is 0 Å². The average Bonchev–Trinajstić information content (AvgIpc) is 2.78. The van der Waals surface area contributed by atoms with Crippen LogP contribution in [0.3, 0.4) is 0 Å². The van der Waals surface area contributed by atoms with Crippen molar-refractivity contribution in [3.8, 4) is 5.75 Å². The Bertz CT molecular complexity index is 537. The number of aryl methyl sites for hydroxylation is 2. The fourth-order valence-electron chi connectivity index (χ4n) is 1.87. The van der Waals surface area contributed by atoms with Crippen LogP contribution in [-0.2, 0) is 19.6 Å². The highest BCUT2D eigenvalue weighted by atomic mass is 32.1. The van der Waals surface area contributed by atoms with Crippen molar-refractivity contribution in [3.63, 3.8) is 0 Å². The normalized spacial score (nSPS) is 10.7. The minimum absolute atomic E-state index is 0.544. The second-order valence-corrected chi connectivity index (χ2v) is 5.60. The third kappa shape index (κ3) is 3.78. The molecule has 3 nitrogen and oxygen atoms in total. The summed E-state index contributed by atoms with van der Waals surface area (Å²) in [5, 5.41) is 4.19. The summed E-state index contributed by atoms with van der Waals surface area (Å²) in [5.74, 6) is 0.919. The fourth-order valence-corrected chi connectivity index (χ4v) is 2.87. The molecule has 0 spiro atoms. The van der Waals surface area contributed by atoms with Gasteiger partial charge in [-0.15, -0.1) is 11.3 Å². The van der Waals surface area contributed by atoms with Gasteiger partial charge in [0.25, 0.3) is 0 Å². The number of benzene rings is 1. The highest BCUT2D eigenvalue weighted by Crippen LogP contribution is 2.20. The standard InChI is InChI=1S/C15H20N2OS/c1-4-12-6-5-7-13(8-12)18-10-15-17-11(2)14(19-15)9-16-3/h5-8,16H,4,9-10H2,1-3H3. The molecule has 2 aromatic rings. The van der Waals surface area contributed by atoms with Gasteiger partial charge < -0.3 is 10.1 Å². The molecule has 0 bridgehead atoms. The lowest BCUT2D eigenvalue weighted by molar-refractivity contribution is 0.305.